The van der Waals surface area contributed by atoms with E-state index >= 15 is 0 Å². The number of benzene rings is 2. The summed E-state index contributed by atoms with van der Waals surface area (Å²) in [6.07, 6.45) is 2.75. The van der Waals surface area contributed by atoms with E-state index in [1.807, 2.05) is 61.2 Å². The van der Waals surface area contributed by atoms with Crippen molar-refractivity contribution >= 4 is 6.09 Å². The first-order valence-corrected chi connectivity index (χ1v) is 10.6. The number of nitrogens with zero attached hydrogens (tertiary/aromatic N) is 1. The zero-order valence-electron chi connectivity index (χ0n) is 17.5. The zero-order chi connectivity index (χ0) is 20.5. The van der Waals surface area contributed by atoms with Gasteiger partial charge in [-0.1, -0.05) is 44.2 Å². The number of para-hydroxylation sites is 1. The molecule has 0 spiro atoms. The average Bonchev–Trinajstić information content (AvgIpc) is 2.74. The molecule has 0 atom stereocenters. The summed E-state index contributed by atoms with van der Waals surface area (Å²) in [5.41, 5.74) is 1.28. The molecule has 1 amide bonds. The molecular weight excluding hydrogens is 364 g/mol. The maximum atomic E-state index is 12.0. The summed E-state index contributed by atoms with van der Waals surface area (Å²) < 4.78 is 11.2. The third-order valence-corrected chi connectivity index (χ3v) is 5.04. The van der Waals surface area contributed by atoms with Crippen LogP contribution in [0.5, 0.6) is 11.5 Å². The van der Waals surface area contributed by atoms with Crippen LogP contribution in [0.2, 0.25) is 0 Å². The van der Waals surface area contributed by atoms with Crippen LogP contribution < -0.4 is 10.1 Å². The van der Waals surface area contributed by atoms with Crippen LogP contribution in [0.25, 0.3) is 0 Å². The molecule has 0 saturated carbocycles. The van der Waals surface area contributed by atoms with Crippen LogP contribution in [-0.2, 0) is 11.2 Å². The van der Waals surface area contributed by atoms with Crippen LogP contribution in [0, 0.1) is 5.92 Å². The molecule has 5 nitrogen and oxygen atoms in total. The number of carbonyl (C=O) groups excluding carboxylic acids is 1. The number of hydrogen-bond donors (Lipinski definition) is 1. The Morgan fingerprint density at radius 2 is 1.69 bits per heavy atom. The quantitative estimate of drug-likeness (QED) is 0.692. The number of likely N-dealkylation sites (tertiary alicyclic amines) is 1. The molecule has 0 unspecified atom stereocenters. The lowest BCUT2D eigenvalue weighted by atomic mass is 10.0. The van der Waals surface area contributed by atoms with Crippen molar-refractivity contribution in [1.29, 1.82) is 0 Å². The van der Waals surface area contributed by atoms with Gasteiger partial charge < -0.3 is 19.7 Å². The Morgan fingerprint density at radius 1 is 1.03 bits per heavy atom. The van der Waals surface area contributed by atoms with Gasteiger partial charge in [-0.2, -0.15) is 0 Å². The molecule has 0 aliphatic carbocycles. The lowest BCUT2D eigenvalue weighted by Crippen LogP contribution is -2.45. The summed E-state index contributed by atoms with van der Waals surface area (Å²) in [4.78, 5) is 13.8. The van der Waals surface area contributed by atoms with Gasteiger partial charge in [0.05, 0.1) is 6.61 Å². The second kappa shape index (κ2) is 10.9. The van der Waals surface area contributed by atoms with Crippen molar-refractivity contribution in [2.45, 2.75) is 39.2 Å². The van der Waals surface area contributed by atoms with Crippen molar-refractivity contribution in [2.24, 2.45) is 5.92 Å². The van der Waals surface area contributed by atoms with Gasteiger partial charge in [0.1, 0.15) is 11.5 Å². The van der Waals surface area contributed by atoms with E-state index in [1.54, 1.807) is 0 Å². The van der Waals surface area contributed by atoms with Gasteiger partial charge in [-0.05, 0) is 61.6 Å². The van der Waals surface area contributed by atoms with Crippen LogP contribution in [0.3, 0.4) is 0 Å². The highest BCUT2D eigenvalue weighted by molar-refractivity contribution is 5.67. The first-order valence-electron chi connectivity index (χ1n) is 10.6. The van der Waals surface area contributed by atoms with E-state index < -0.39 is 0 Å². The molecule has 1 saturated heterocycles. The van der Waals surface area contributed by atoms with Gasteiger partial charge in [-0.25, -0.2) is 4.79 Å². The van der Waals surface area contributed by atoms with Gasteiger partial charge in [0.25, 0.3) is 0 Å². The van der Waals surface area contributed by atoms with Gasteiger partial charge in [0.15, 0.2) is 0 Å². The number of amides is 1. The maximum absolute atomic E-state index is 12.0. The fourth-order valence-corrected chi connectivity index (χ4v) is 3.36. The van der Waals surface area contributed by atoms with Crippen LogP contribution in [0.4, 0.5) is 4.79 Å². The van der Waals surface area contributed by atoms with E-state index in [9.17, 15) is 4.79 Å². The van der Waals surface area contributed by atoms with Gasteiger partial charge in [0, 0.05) is 19.1 Å². The van der Waals surface area contributed by atoms with E-state index in [0.717, 1.165) is 50.4 Å². The summed E-state index contributed by atoms with van der Waals surface area (Å²) in [5, 5.41) is 3.62. The van der Waals surface area contributed by atoms with Crippen molar-refractivity contribution in [3.8, 4) is 11.5 Å². The Labute approximate surface area is 174 Å². The third-order valence-electron chi connectivity index (χ3n) is 5.04. The predicted octanol–water partition coefficient (Wildman–Crippen LogP) is 4.87. The highest BCUT2D eigenvalue weighted by Gasteiger charge is 2.23. The summed E-state index contributed by atoms with van der Waals surface area (Å²) in [5.74, 6) is 2.07. The third kappa shape index (κ3) is 7.09. The zero-order valence-corrected chi connectivity index (χ0v) is 17.5. The maximum Gasteiger partial charge on any atom is 0.409 e. The molecular formula is C24H32N2O3. The van der Waals surface area contributed by atoms with E-state index in [2.05, 4.69) is 17.4 Å². The SMILES string of the molecule is CC(C)COC(=O)N1CCC(NCCc2ccc(Oc3ccccc3)cc2)CC1. The molecule has 0 radical (unpaired) electrons. The highest BCUT2D eigenvalue weighted by atomic mass is 16.6. The van der Waals surface area contributed by atoms with Gasteiger partial charge in [0.2, 0.25) is 0 Å². The molecule has 3 rings (SSSR count). The first-order chi connectivity index (χ1) is 14.1. The van der Waals surface area contributed by atoms with Crippen LogP contribution in [0.1, 0.15) is 32.3 Å². The Bertz CT molecular complexity index is 738. The molecule has 1 aliphatic heterocycles. The molecule has 2 aromatic rings. The minimum Gasteiger partial charge on any atom is -0.457 e. The van der Waals surface area contributed by atoms with Crippen molar-refractivity contribution in [3.63, 3.8) is 0 Å². The number of rotatable bonds is 8. The predicted molar refractivity (Wildman–Crippen MR) is 115 cm³/mol. The Balaban J connectivity index is 1.34. The van der Waals surface area contributed by atoms with E-state index in [4.69, 9.17) is 9.47 Å². The van der Waals surface area contributed by atoms with E-state index in [-0.39, 0.29) is 6.09 Å². The first kappa shape index (κ1) is 21.2. The Hall–Kier alpha value is -2.53. The molecule has 0 bridgehead atoms. The summed E-state index contributed by atoms with van der Waals surface area (Å²) >= 11 is 0. The van der Waals surface area contributed by atoms with Crippen LogP contribution in [-0.4, -0.2) is 43.3 Å². The van der Waals surface area contributed by atoms with Crippen molar-refractivity contribution in [1.82, 2.24) is 10.2 Å². The fourth-order valence-electron chi connectivity index (χ4n) is 3.36. The van der Waals surface area contributed by atoms with Crippen LogP contribution in [0.15, 0.2) is 54.6 Å². The minimum absolute atomic E-state index is 0.171. The molecule has 1 N–H and O–H groups in total. The monoisotopic (exact) mass is 396 g/mol. The Morgan fingerprint density at radius 3 is 2.34 bits per heavy atom. The summed E-state index contributed by atoms with van der Waals surface area (Å²) in [6, 6.07) is 18.5. The van der Waals surface area contributed by atoms with E-state index in [1.165, 1.54) is 5.56 Å². The van der Waals surface area contributed by atoms with Crippen molar-refractivity contribution in [3.05, 3.63) is 60.2 Å². The summed E-state index contributed by atoms with van der Waals surface area (Å²) in [7, 11) is 0. The van der Waals surface area contributed by atoms with Gasteiger partial charge in [-0.15, -0.1) is 0 Å². The largest absolute Gasteiger partial charge is 0.457 e. The van der Waals surface area contributed by atoms with Gasteiger partial charge in [-0.3, -0.25) is 0 Å². The second-order valence-electron chi connectivity index (χ2n) is 8.00. The molecule has 156 valence electrons. The number of hydrogen-bond acceptors (Lipinski definition) is 4. The normalized spacial score (nSPS) is 14.8. The van der Waals surface area contributed by atoms with E-state index in [0.29, 0.717) is 18.6 Å². The molecule has 2 aromatic carbocycles. The average molecular weight is 397 g/mol. The van der Waals surface area contributed by atoms with Crippen molar-refractivity contribution in [2.75, 3.05) is 26.2 Å². The molecule has 1 fully saturated rings. The molecule has 5 heteroatoms. The second-order valence-corrected chi connectivity index (χ2v) is 8.00. The number of piperidine rings is 1. The Kier molecular flexibility index (Phi) is 7.94. The number of carbonyl (C=O) groups is 1. The van der Waals surface area contributed by atoms with Gasteiger partial charge >= 0.3 is 6.09 Å². The number of ether oxygens (including phenoxy) is 2. The molecule has 0 aromatic heterocycles. The lowest BCUT2D eigenvalue weighted by Gasteiger charge is -2.32. The lowest BCUT2D eigenvalue weighted by molar-refractivity contribution is 0.0819. The van der Waals surface area contributed by atoms with Crippen molar-refractivity contribution < 1.29 is 14.3 Å². The standard InChI is InChI=1S/C24H32N2O3/c1-19(2)18-28-24(27)26-16-13-21(14-17-26)25-15-12-20-8-10-23(11-9-20)29-22-6-4-3-5-7-22/h3-11,19,21,25H,12-18H2,1-2H3. The minimum atomic E-state index is -0.171. The topological polar surface area (TPSA) is 50.8 Å². The highest BCUT2D eigenvalue weighted by Crippen LogP contribution is 2.21. The summed E-state index contributed by atoms with van der Waals surface area (Å²) in [6.45, 7) is 7.05. The smallest absolute Gasteiger partial charge is 0.409 e. The van der Waals surface area contributed by atoms with Crippen LogP contribution >= 0.6 is 0 Å². The fraction of sp³-hybridized carbons (Fsp3) is 0.458. The number of nitrogens with one attached hydrogen (secondary N) is 1. The molecule has 29 heavy (non-hydrogen) atoms. The molecule has 1 heterocycles. The molecule has 1 aliphatic rings.